The maximum atomic E-state index is 10.9. The van der Waals surface area contributed by atoms with Gasteiger partial charge in [-0.15, -0.1) is 6.42 Å². The number of aromatic hydroxyl groups is 1. The second-order valence-electron chi connectivity index (χ2n) is 7.09. The van der Waals surface area contributed by atoms with E-state index in [1.807, 2.05) is 51.1 Å². The molecule has 2 aromatic heterocycles. The van der Waals surface area contributed by atoms with E-state index < -0.39 is 0 Å². The number of rotatable bonds is 6. The van der Waals surface area contributed by atoms with E-state index in [1.54, 1.807) is 30.0 Å². The van der Waals surface area contributed by atoms with Gasteiger partial charge in [-0.1, -0.05) is 25.0 Å². The molecule has 0 amide bonds. The van der Waals surface area contributed by atoms with Gasteiger partial charge in [-0.3, -0.25) is 0 Å². The van der Waals surface area contributed by atoms with Crippen LogP contribution in [0.1, 0.15) is 32.8 Å². The quantitative estimate of drug-likeness (QED) is 0.337. The number of azo groups is 1. The van der Waals surface area contributed by atoms with Crippen LogP contribution in [0.3, 0.4) is 0 Å². The highest BCUT2D eigenvalue weighted by Gasteiger charge is 2.17. The minimum atomic E-state index is -0.163. The van der Waals surface area contributed by atoms with Gasteiger partial charge in [0.2, 0.25) is 0 Å². The van der Waals surface area contributed by atoms with Crippen molar-refractivity contribution in [1.82, 2.24) is 14.6 Å². The van der Waals surface area contributed by atoms with Gasteiger partial charge in [0, 0.05) is 36.5 Å². The van der Waals surface area contributed by atoms with E-state index in [-0.39, 0.29) is 11.7 Å². The van der Waals surface area contributed by atoms with Crippen molar-refractivity contribution in [2.75, 3.05) is 7.05 Å². The third-order valence-electron chi connectivity index (χ3n) is 4.86. The van der Waals surface area contributed by atoms with Crippen molar-refractivity contribution in [2.24, 2.45) is 16.1 Å². The smallest absolute Gasteiger partial charge is 0.153 e. The lowest BCUT2D eigenvalue weighted by Gasteiger charge is -2.17. The number of terminal acetylenes is 1. The summed E-state index contributed by atoms with van der Waals surface area (Å²) in [4.78, 5) is 4.21. The molecule has 1 atom stereocenters. The van der Waals surface area contributed by atoms with Crippen LogP contribution in [-0.2, 0) is 0 Å². The SMILES string of the molecule is C#CC(CC)/C(=C\C(N=NC)=C(C)C)c1ccc(-c2ccc3nccn3n2)cc1O. The van der Waals surface area contributed by atoms with Gasteiger partial charge in [-0.25, -0.2) is 9.50 Å². The van der Waals surface area contributed by atoms with Gasteiger partial charge < -0.3 is 5.11 Å². The van der Waals surface area contributed by atoms with Gasteiger partial charge in [0.25, 0.3) is 0 Å². The van der Waals surface area contributed by atoms with Crippen LogP contribution in [0, 0.1) is 18.3 Å². The van der Waals surface area contributed by atoms with Crippen LogP contribution in [0.25, 0.3) is 22.5 Å². The molecule has 1 N–H and O–H groups in total. The molecule has 0 bridgehead atoms. The van der Waals surface area contributed by atoms with Gasteiger partial charge in [0.15, 0.2) is 5.65 Å². The number of phenols is 1. The number of phenolic OH excluding ortho intramolecular Hbond substituents is 1. The standard InChI is InChI=1S/C24H25N5O/c1-6-17(7-2)20(15-22(16(3)4)27-25-5)19-9-8-18(14-23(19)30)21-10-11-24-26-12-13-29(24)28-21/h1,8-15,17,30H,7H2,2-5H3/b20-15+,27-25?. The molecule has 0 fully saturated rings. The summed E-state index contributed by atoms with van der Waals surface area (Å²) in [5.74, 6) is 2.81. The average molecular weight is 399 g/mol. The summed E-state index contributed by atoms with van der Waals surface area (Å²) in [6, 6.07) is 9.29. The number of aromatic nitrogens is 3. The van der Waals surface area contributed by atoms with Crippen LogP contribution in [0.15, 0.2) is 70.3 Å². The zero-order chi connectivity index (χ0) is 21.7. The van der Waals surface area contributed by atoms with Crippen LogP contribution in [-0.4, -0.2) is 26.8 Å². The van der Waals surface area contributed by atoms with Gasteiger partial charge >= 0.3 is 0 Å². The molecular formula is C24H25N5O. The highest BCUT2D eigenvalue weighted by Crippen LogP contribution is 2.36. The van der Waals surface area contributed by atoms with Gasteiger partial charge in [0.05, 0.1) is 11.4 Å². The molecule has 3 aromatic rings. The van der Waals surface area contributed by atoms with E-state index in [0.29, 0.717) is 5.56 Å². The van der Waals surface area contributed by atoms with Gasteiger partial charge in [-0.05, 0) is 55.7 Å². The van der Waals surface area contributed by atoms with Crippen molar-refractivity contribution in [1.29, 1.82) is 0 Å². The summed E-state index contributed by atoms with van der Waals surface area (Å²) in [5, 5.41) is 23.6. The normalized spacial score (nSPS) is 12.8. The lowest BCUT2D eigenvalue weighted by Crippen LogP contribution is -2.01. The first-order valence-corrected chi connectivity index (χ1v) is 9.77. The van der Waals surface area contributed by atoms with Crippen LogP contribution >= 0.6 is 0 Å². The molecule has 0 aliphatic rings. The molecule has 6 nitrogen and oxygen atoms in total. The van der Waals surface area contributed by atoms with Crippen molar-refractivity contribution in [3.05, 3.63) is 65.6 Å². The van der Waals surface area contributed by atoms with E-state index in [2.05, 4.69) is 26.2 Å². The molecule has 6 heteroatoms. The molecule has 152 valence electrons. The number of hydrogen-bond donors (Lipinski definition) is 1. The Morgan fingerprint density at radius 1 is 1.30 bits per heavy atom. The molecule has 0 saturated heterocycles. The lowest BCUT2D eigenvalue weighted by atomic mass is 9.88. The molecule has 0 radical (unpaired) electrons. The minimum absolute atomic E-state index is 0.140. The zero-order valence-electron chi connectivity index (χ0n) is 17.7. The van der Waals surface area contributed by atoms with E-state index in [9.17, 15) is 5.11 Å². The second-order valence-corrected chi connectivity index (χ2v) is 7.09. The fourth-order valence-corrected chi connectivity index (χ4v) is 3.23. The maximum absolute atomic E-state index is 10.9. The third-order valence-corrected chi connectivity index (χ3v) is 4.86. The summed E-state index contributed by atoms with van der Waals surface area (Å²) in [7, 11) is 1.63. The van der Waals surface area contributed by atoms with E-state index in [4.69, 9.17) is 6.42 Å². The molecule has 0 spiro atoms. The number of hydrogen-bond acceptors (Lipinski definition) is 5. The predicted octanol–water partition coefficient (Wildman–Crippen LogP) is 5.52. The molecule has 0 aliphatic heterocycles. The zero-order valence-corrected chi connectivity index (χ0v) is 17.7. The number of allylic oxidation sites excluding steroid dienone is 3. The van der Waals surface area contributed by atoms with Crippen molar-refractivity contribution in [3.8, 4) is 29.4 Å². The first-order chi connectivity index (χ1) is 14.5. The highest BCUT2D eigenvalue weighted by atomic mass is 16.3. The highest BCUT2D eigenvalue weighted by molar-refractivity contribution is 5.78. The Kier molecular flexibility index (Phi) is 6.43. The Balaban J connectivity index is 2.10. The fraction of sp³-hybridized carbons (Fsp3) is 0.250. The van der Waals surface area contributed by atoms with Crippen molar-refractivity contribution in [2.45, 2.75) is 27.2 Å². The summed E-state index contributed by atoms with van der Waals surface area (Å²) in [6.45, 7) is 5.96. The number of nitrogens with zero attached hydrogens (tertiary/aromatic N) is 5. The van der Waals surface area contributed by atoms with Crippen LogP contribution in [0.4, 0.5) is 0 Å². The Morgan fingerprint density at radius 3 is 2.73 bits per heavy atom. The summed E-state index contributed by atoms with van der Waals surface area (Å²) in [6.07, 6.45) is 11.9. The fourth-order valence-electron chi connectivity index (χ4n) is 3.23. The number of imidazole rings is 1. The van der Waals surface area contributed by atoms with Gasteiger partial charge in [-0.2, -0.15) is 15.3 Å². The number of fused-ring (bicyclic) bond motifs is 1. The Labute approximate surface area is 176 Å². The first-order valence-electron chi connectivity index (χ1n) is 9.77. The van der Waals surface area contributed by atoms with E-state index in [0.717, 1.165) is 40.2 Å². The topological polar surface area (TPSA) is 75.1 Å². The minimum Gasteiger partial charge on any atom is -0.507 e. The van der Waals surface area contributed by atoms with Crippen molar-refractivity contribution < 1.29 is 5.11 Å². The van der Waals surface area contributed by atoms with E-state index in [1.165, 1.54) is 0 Å². The van der Waals surface area contributed by atoms with Crippen molar-refractivity contribution in [3.63, 3.8) is 0 Å². The summed E-state index contributed by atoms with van der Waals surface area (Å²) >= 11 is 0. The second kappa shape index (κ2) is 9.19. The largest absolute Gasteiger partial charge is 0.507 e. The molecule has 3 rings (SSSR count). The molecular weight excluding hydrogens is 374 g/mol. The molecule has 2 heterocycles. The maximum Gasteiger partial charge on any atom is 0.153 e. The van der Waals surface area contributed by atoms with E-state index >= 15 is 0 Å². The Morgan fingerprint density at radius 2 is 2.10 bits per heavy atom. The average Bonchev–Trinajstić information content (AvgIpc) is 3.21. The monoisotopic (exact) mass is 399 g/mol. The lowest BCUT2D eigenvalue weighted by molar-refractivity contribution is 0.473. The molecule has 0 aliphatic carbocycles. The molecule has 1 aromatic carbocycles. The molecule has 30 heavy (non-hydrogen) atoms. The van der Waals surface area contributed by atoms with Crippen LogP contribution in [0.5, 0.6) is 5.75 Å². The predicted molar refractivity (Wildman–Crippen MR) is 120 cm³/mol. The Bertz CT molecular complexity index is 1190. The first kappa shape index (κ1) is 21.0. The Hall–Kier alpha value is -3.72. The van der Waals surface area contributed by atoms with Crippen LogP contribution < -0.4 is 0 Å². The third kappa shape index (κ3) is 4.31. The summed E-state index contributed by atoms with van der Waals surface area (Å²) < 4.78 is 1.70. The molecule has 1 unspecified atom stereocenters. The van der Waals surface area contributed by atoms with Gasteiger partial charge in [0.1, 0.15) is 5.75 Å². The summed E-state index contributed by atoms with van der Waals surface area (Å²) in [5.41, 5.74) is 5.57. The molecule has 0 saturated carbocycles. The van der Waals surface area contributed by atoms with Crippen LogP contribution in [0.2, 0.25) is 0 Å². The number of benzene rings is 1. The van der Waals surface area contributed by atoms with Crippen molar-refractivity contribution >= 4 is 11.2 Å².